The van der Waals surface area contributed by atoms with Gasteiger partial charge in [-0.3, -0.25) is 14.4 Å². The normalized spacial score (nSPS) is 12.5. The number of hydrogen-bond donors (Lipinski definition) is 0. The van der Waals surface area contributed by atoms with E-state index in [4.69, 9.17) is 4.74 Å². The van der Waals surface area contributed by atoms with Crippen LogP contribution in [-0.2, 0) is 16.1 Å². The SMILES string of the molecule is Cc1ccc(CN(C)C(=O)COC(=O)c2ccc3c(c2)C(=O)N(c2ccccc2C)C3=O)cc1. The Kier molecular flexibility index (Phi) is 6.27. The van der Waals surface area contributed by atoms with Gasteiger partial charge in [-0.2, -0.15) is 0 Å². The van der Waals surface area contributed by atoms with Crippen LogP contribution in [0, 0.1) is 13.8 Å². The van der Waals surface area contributed by atoms with Gasteiger partial charge in [0.25, 0.3) is 17.7 Å². The Morgan fingerprint density at radius 1 is 0.882 bits per heavy atom. The van der Waals surface area contributed by atoms with Gasteiger partial charge in [-0.05, 0) is 49.2 Å². The number of ether oxygens (including phenoxy) is 1. The third kappa shape index (κ3) is 4.45. The Bertz CT molecular complexity index is 1300. The highest BCUT2D eigenvalue weighted by Crippen LogP contribution is 2.31. The first-order chi connectivity index (χ1) is 16.3. The monoisotopic (exact) mass is 456 g/mol. The van der Waals surface area contributed by atoms with Gasteiger partial charge in [0.2, 0.25) is 0 Å². The average molecular weight is 456 g/mol. The van der Waals surface area contributed by atoms with Gasteiger partial charge in [-0.15, -0.1) is 0 Å². The minimum absolute atomic E-state index is 0.0977. The number of hydrogen-bond acceptors (Lipinski definition) is 5. The lowest BCUT2D eigenvalue weighted by molar-refractivity contribution is -0.133. The number of anilines is 1. The van der Waals surface area contributed by atoms with E-state index in [2.05, 4.69) is 0 Å². The van der Waals surface area contributed by atoms with Crippen LogP contribution >= 0.6 is 0 Å². The summed E-state index contributed by atoms with van der Waals surface area (Å²) < 4.78 is 5.18. The third-order valence-electron chi connectivity index (χ3n) is 5.77. The molecular formula is C27H24N2O5. The van der Waals surface area contributed by atoms with Crippen LogP contribution in [0.3, 0.4) is 0 Å². The molecule has 7 nitrogen and oxygen atoms in total. The van der Waals surface area contributed by atoms with E-state index in [1.54, 1.807) is 19.2 Å². The van der Waals surface area contributed by atoms with Crippen molar-refractivity contribution in [1.29, 1.82) is 0 Å². The second kappa shape index (κ2) is 9.31. The molecule has 172 valence electrons. The molecule has 0 atom stereocenters. The zero-order valence-corrected chi connectivity index (χ0v) is 19.2. The molecule has 4 rings (SSSR count). The Morgan fingerprint density at radius 2 is 1.56 bits per heavy atom. The van der Waals surface area contributed by atoms with Crippen molar-refractivity contribution >= 4 is 29.4 Å². The Hall–Kier alpha value is -4.26. The van der Waals surface area contributed by atoms with Gasteiger partial charge in [-0.25, -0.2) is 9.69 Å². The molecule has 0 fully saturated rings. The average Bonchev–Trinajstić information content (AvgIpc) is 3.08. The van der Waals surface area contributed by atoms with Crippen LogP contribution < -0.4 is 4.90 Å². The maximum Gasteiger partial charge on any atom is 0.338 e. The van der Waals surface area contributed by atoms with Crippen LogP contribution in [0.2, 0.25) is 0 Å². The van der Waals surface area contributed by atoms with Gasteiger partial charge in [0, 0.05) is 13.6 Å². The smallest absolute Gasteiger partial charge is 0.338 e. The first-order valence-electron chi connectivity index (χ1n) is 10.8. The molecular weight excluding hydrogens is 432 g/mol. The fourth-order valence-corrected chi connectivity index (χ4v) is 3.78. The number of carbonyl (C=O) groups excluding carboxylic acids is 4. The molecule has 3 aromatic rings. The van der Waals surface area contributed by atoms with Gasteiger partial charge < -0.3 is 9.64 Å². The summed E-state index contributed by atoms with van der Waals surface area (Å²) in [5.74, 6) is -2.04. The summed E-state index contributed by atoms with van der Waals surface area (Å²) in [4.78, 5) is 53.4. The number of benzene rings is 3. The van der Waals surface area contributed by atoms with Crippen molar-refractivity contribution in [3.05, 3.63) is 100 Å². The van der Waals surface area contributed by atoms with Crippen molar-refractivity contribution in [2.24, 2.45) is 0 Å². The molecule has 3 amide bonds. The lowest BCUT2D eigenvalue weighted by atomic mass is 10.1. The van der Waals surface area contributed by atoms with Gasteiger partial charge in [0.1, 0.15) is 0 Å². The van der Waals surface area contributed by atoms with E-state index in [-0.39, 0.29) is 22.6 Å². The van der Waals surface area contributed by atoms with E-state index in [1.165, 1.54) is 23.1 Å². The van der Waals surface area contributed by atoms with Crippen LogP contribution in [0.25, 0.3) is 0 Å². The predicted molar refractivity (Wildman–Crippen MR) is 127 cm³/mol. The van der Waals surface area contributed by atoms with Gasteiger partial charge in [0.05, 0.1) is 22.4 Å². The van der Waals surface area contributed by atoms with Crippen molar-refractivity contribution in [2.45, 2.75) is 20.4 Å². The Balaban J connectivity index is 1.42. The maximum atomic E-state index is 13.0. The molecule has 0 radical (unpaired) electrons. The topological polar surface area (TPSA) is 84.0 Å². The lowest BCUT2D eigenvalue weighted by Gasteiger charge is -2.17. The molecule has 34 heavy (non-hydrogen) atoms. The molecule has 0 aliphatic carbocycles. The zero-order chi connectivity index (χ0) is 24.4. The van der Waals surface area contributed by atoms with Gasteiger partial charge in [-0.1, -0.05) is 48.0 Å². The number of amides is 3. The van der Waals surface area contributed by atoms with Gasteiger partial charge in [0.15, 0.2) is 6.61 Å². The van der Waals surface area contributed by atoms with E-state index in [1.807, 2.05) is 50.2 Å². The summed E-state index contributed by atoms with van der Waals surface area (Å²) in [5.41, 5.74) is 3.82. The standard InChI is InChI=1S/C27H24N2O5/c1-17-8-10-19(11-9-17)15-28(3)24(30)16-34-27(33)20-12-13-21-22(14-20)26(32)29(25(21)31)23-7-5-4-6-18(23)2/h4-14H,15-16H2,1-3H3. The summed E-state index contributed by atoms with van der Waals surface area (Å²) in [7, 11) is 1.63. The highest BCUT2D eigenvalue weighted by molar-refractivity contribution is 6.34. The van der Waals surface area contributed by atoms with E-state index in [0.29, 0.717) is 12.2 Å². The largest absolute Gasteiger partial charge is 0.452 e. The van der Waals surface area contributed by atoms with Crippen molar-refractivity contribution in [3.8, 4) is 0 Å². The Labute approximate surface area is 197 Å². The van der Waals surface area contributed by atoms with Crippen molar-refractivity contribution in [1.82, 2.24) is 4.90 Å². The number of aryl methyl sites for hydroxylation is 2. The summed E-state index contributed by atoms with van der Waals surface area (Å²) in [5, 5.41) is 0. The molecule has 1 aliphatic rings. The second-order valence-corrected chi connectivity index (χ2v) is 8.30. The molecule has 0 spiro atoms. The molecule has 0 saturated heterocycles. The van der Waals surface area contributed by atoms with Crippen molar-refractivity contribution in [2.75, 3.05) is 18.6 Å². The number of esters is 1. The molecule has 1 heterocycles. The van der Waals surface area contributed by atoms with Crippen LogP contribution in [-0.4, -0.2) is 42.2 Å². The second-order valence-electron chi connectivity index (χ2n) is 8.30. The first kappa shape index (κ1) is 22.9. The number of rotatable bonds is 6. The molecule has 0 bridgehead atoms. The summed E-state index contributed by atoms with van der Waals surface area (Å²) >= 11 is 0. The maximum absolute atomic E-state index is 13.0. The molecule has 0 aromatic heterocycles. The summed E-state index contributed by atoms with van der Waals surface area (Å²) in [6.45, 7) is 3.76. The predicted octanol–water partition coefficient (Wildman–Crippen LogP) is 3.92. The minimum Gasteiger partial charge on any atom is -0.452 e. The zero-order valence-electron chi connectivity index (χ0n) is 19.2. The molecule has 3 aromatic carbocycles. The third-order valence-corrected chi connectivity index (χ3v) is 5.77. The first-order valence-corrected chi connectivity index (χ1v) is 10.8. The van der Waals surface area contributed by atoms with Crippen molar-refractivity contribution < 1.29 is 23.9 Å². The molecule has 7 heteroatoms. The van der Waals surface area contributed by atoms with Gasteiger partial charge >= 0.3 is 5.97 Å². The van der Waals surface area contributed by atoms with E-state index >= 15 is 0 Å². The number of para-hydroxylation sites is 1. The number of likely N-dealkylation sites (N-methyl/N-ethyl adjacent to an activating group) is 1. The van der Waals surface area contributed by atoms with Crippen molar-refractivity contribution in [3.63, 3.8) is 0 Å². The Morgan fingerprint density at radius 3 is 2.26 bits per heavy atom. The van der Waals surface area contributed by atoms with E-state index < -0.39 is 24.4 Å². The highest BCUT2D eigenvalue weighted by Gasteiger charge is 2.37. The number of nitrogens with zero attached hydrogens (tertiary/aromatic N) is 2. The highest BCUT2D eigenvalue weighted by atomic mass is 16.5. The van der Waals surface area contributed by atoms with E-state index in [9.17, 15) is 19.2 Å². The summed E-state index contributed by atoms with van der Waals surface area (Å²) in [6.07, 6.45) is 0. The number of carbonyl (C=O) groups is 4. The lowest BCUT2D eigenvalue weighted by Crippen LogP contribution is -2.30. The van der Waals surface area contributed by atoms with Crippen LogP contribution in [0.15, 0.2) is 66.7 Å². The molecule has 0 saturated carbocycles. The quantitative estimate of drug-likeness (QED) is 0.415. The molecule has 1 aliphatic heterocycles. The van der Waals surface area contributed by atoms with Crippen LogP contribution in [0.4, 0.5) is 5.69 Å². The fraction of sp³-hybridized carbons (Fsp3) is 0.185. The molecule has 0 unspecified atom stereocenters. The fourth-order valence-electron chi connectivity index (χ4n) is 3.78. The minimum atomic E-state index is -0.741. The van der Waals surface area contributed by atoms with E-state index in [0.717, 1.165) is 21.6 Å². The number of fused-ring (bicyclic) bond motifs is 1. The van der Waals surface area contributed by atoms with Crippen LogP contribution in [0.5, 0.6) is 0 Å². The molecule has 0 N–H and O–H groups in total. The number of imide groups is 1. The van der Waals surface area contributed by atoms with Crippen LogP contribution in [0.1, 0.15) is 47.8 Å². The summed E-state index contributed by atoms with van der Waals surface area (Å²) in [6, 6.07) is 19.1.